The molecule has 1 aromatic heterocycles. The van der Waals surface area contributed by atoms with Crippen LogP contribution in [-0.4, -0.2) is 9.97 Å². The van der Waals surface area contributed by atoms with Crippen LogP contribution in [0.1, 0.15) is 75.3 Å². The second-order valence-corrected chi connectivity index (χ2v) is 11.1. The minimum absolute atomic E-state index is 0.289. The molecular formula is C34H32F6N2O. The molecule has 1 saturated carbocycles. The number of hydrogen-bond donors (Lipinski definition) is 0. The molecule has 226 valence electrons. The fraction of sp³-hybridized carbons (Fsp3) is 0.353. The first-order valence-corrected chi connectivity index (χ1v) is 14.6. The zero-order chi connectivity index (χ0) is 30.6. The minimum atomic E-state index is -3.82. The molecule has 1 heterocycles. The molecule has 0 bridgehead atoms. The molecule has 3 nitrogen and oxygen atoms in total. The third-order valence-electron chi connectivity index (χ3n) is 8.17. The van der Waals surface area contributed by atoms with Gasteiger partial charge in [0.2, 0.25) is 0 Å². The van der Waals surface area contributed by atoms with Gasteiger partial charge in [0.1, 0.15) is 11.6 Å². The Kier molecular flexibility index (Phi) is 9.37. The molecule has 43 heavy (non-hydrogen) atoms. The highest BCUT2D eigenvalue weighted by atomic mass is 19.3. The summed E-state index contributed by atoms with van der Waals surface area (Å²) in [6.07, 6.45) is 9.66. The van der Waals surface area contributed by atoms with Gasteiger partial charge in [-0.3, -0.25) is 0 Å². The third kappa shape index (κ3) is 7.20. The maximum absolute atomic E-state index is 14.9. The van der Waals surface area contributed by atoms with Crippen molar-refractivity contribution in [3.05, 3.63) is 101 Å². The highest BCUT2D eigenvalue weighted by Crippen LogP contribution is 2.38. The zero-order valence-corrected chi connectivity index (χ0v) is 23.7. The molecule has 3 aromatic carbocycles. The van der Waals surface area contributed by atoms with Crippen LogP contribution in [0.3, 0.4) is 0 Å². The van der Waals surface area contributed by atoms with Crippen molar-refractivity contribution in [3.63, 3.8) is 0 Å². The topological polar surface area (TPSA) is 35.0 Å². The molecule has 0 radical (unpaired) electrons. The molecule has 0 aliphatic heterocycles. The van der Waals surface area contributed by atoms with Gasteiger partial charge in [-0.2, -0.15) is 8.78 Å². The first-order chi connectivity index (χ1) is 20.6. The molecule has 0 amide bonds. The molecule has 1 aliphatic carbocycles. The van der Waals surface area contributed by atoms with E-state index in [2.05, 4.69) is 16.9 Å². The molecule has 0 unspecified atom stereocenters. The van der Waals surface area contributed by atoms with Crippen LogP contribution < -0.4 is 4.74 Å². The smallest absolute Gasteiger partial charge is 0.426 e. The number of unbranched alkanes of at least 4 members (excludes halogenated alkanes) is 2. The van der Waals surface area contributed by atoms with Gasteiger partial charge >= 0.3 is 6.11 Å². The maximum Gasteiger partial charge on any atom is 0.426 e. The standard InChI is InChI=1S/C34H32F6N2O/c1-2-3-4-5-21-6-8-22(9-7-21)25-19-41-33(42-20-25)23-10-12-26(13-11-23)34(39,40)43-27-14-15-28(29(35)18-27)24-16-30(36)32(38)31(37)17-24/h10-22H,2-9H2,1H3. The lowest BCUT2D eigenvalue weighted by molar-refractivity contribution is -0.185. The molecule has 9 heteroatoms. The van der Waals surface area contributed by atoms with Crippen LogP contribution in [0.15, 0.2) is 67.0 Å². The summed E-state index contributed by atoms with van der Waals surface area (Å²) in [6, 6.07) is 9.25. The lowest BCUT2D eigenvalue weighted by Gasteiger charge is -2.28. The van der Waals surface area contributed by atoms with Crippen molar-refractivity contribution in [3.8, 4) is 28.3 Å². The van der Waals surface area contributed by atoms with E-state index in [-0.39, 0.29) is 11.1 Å². The third-order valence-corrected chi connectivity index (χ3v) is 8.17. The van der Waals surface area contributed by atoms with E-state index in [1.807, 2.05) is 12.4 Å². The Bertz CT molecular complexity index is 1510. The first kappa shape index (κ1) is 30.6. The monoisotopic (exact) mass is 598 g/mol. The van der Waals surface area contributed by atoms with Gasteiger partial charge in [0.25, 0.3) is 0 Å². The van der Waals surface area contributed by atoms with Crippen LogP contribution in [0, 0.1) is 29.2 Å². The summed E-state index contributed by atoms with van der Waals surface area (Å²) < 4.78 is 89.7. The van der Waals surface area contributed by atoms with E-state index in [4.69, 9.17) is 4.74 Å². The SMILES string of the molecule is CCCCCC1CCC(c2cnc(-c3ccc(C(F)(F)Oc4ccc(-c5cc(F)c(F)c(F)c5)c(F)c4)cc3)nc2)CC1. The van der Waals surface area contributed by atoms with E-state index < -0.39 is 40.7 Å². The van der Waals surface area contributed by atoms with Gasteiger partial charge in [0, 0.05) is 29.6 Å². The maximum atomic E-state index is 14.9. The molecular weight excluding hydrogens is 566 g/mol. The Balaban J connectivity index is 1.21. The van der Waals surface area contributed by atoms with Crippen molar-refractivity contribution in [1.82, 2.24) is 9.97 Å². The van der Waals surface area contributed by atoms with Crippen molar-refractivity contribution in [2.24, 2.45) is 5.92 Å². The van der Waals surface area contributed by atoms with Gasteiger partial charge in [-0.05, 0) is 85.0 Å². The lowest BCUT2D eigenvalue weighted by atomic mass is 9.77. The minimum Gasteiger partial charge on any atom is -0.429 e. The lowest BCUT2D eigenvalue weighted by Crippen LogP contribution is -2.21. The van der Waals surface area contributed by atoms with Gasteiger partial charge in [-0.25, -0.2) is 27.5 Å². The largest absolute Gasteiger partial charge is 0.429 e. The van der Waals surface area contributed by atoms with Crippen molar-refractivity contribution < 1.29 is 31.1 Å². The van der Waals surface area contributed by atoms with E-state index in [0.29, 0.717) is 35.5 Å². The van der Waals surface area contributed by atoms with Crippen LogP contribution in [0.5, 0.6) is 5.75 Å². The molecule has 0 N–H and O–H groups in total. The second-order valence-electron chi connectivity index (χ2n) is 11.1. The Labute approximate surface area is 247 Å². The summed E-state index contributed by atoms with van der Waals surface area (Å²) in [5.41, 5.74) is 0.582. The van der Waals surface area contributed by atoms with Crippen LogP contribution in [0.25, 0.3) is 22.5 Å². The predicted molar refractivity (Wildman–Crippen MR) is 153 cm³/mol. The molecule has 0 saturated heterocycles. The van der Waals surface area contributed by atoms with Crippen LogP contribution in [0.2, 0.25) is 0 Å². The van der Waals surface area contributed by atoms with Crippen molar-refractivity contribution >= 4 is 0 Å². The van der Waals surface area contributed by atoms with Crippen molar-refractivity contribution in [1.29, 1.82) is 0 Å². The van der Waals surface area contributed by atoms with Crippen molar-refractivity contribution in [2.45, 2.75) is 70.3 Å². The fourth-order valence-electron chi connectivity index (χ4n) is 5.69. The fourth-order valence-corrected chi connectivity index (χ4v) is 5.69. The number of halogens is 6. The number of rotatable bonds is 10. The summed E-state index contributed by atoms with van der Waals surface area (Å²) in [6.45, 7) is 2.22. The van der Waals surface area contributed by atoms with Gasteiger partial charge < -0.3 is 4.74 Å². The van der Waals surface area contributed by atoms with E-state index in [0.717, 1.165) is 36.5 Å². The summed E-state index contributed by atoms with van der Waals surface area (Å²) in [7, 11) is 0. The van der Waals surface area contributed by atoms with Gasteiger partial charge in [-0.1, -0.05) is 44.7 Å². The average molecular weight is 599 g/mol. The highest BCUT2D eigenvalue weighted by molar-refractivity contribution is 5.65. The Morgan fingerprint density at radius 2 is 1.42 bits per heavy atom. The summed E-state index contributed by atoms with van der Waals surface area (Å²) in [5.74, 6) is -4.61. The number of aromatic nitrogens is 2. The Morgan fingerprint density at radius 3 is 2.02 bits per heavy atom. The summed E-state index contributed by atoms with van der Waals surface area (Å²) in [4.78, 5) is 8.97. The van der Waals surface area contributed by atoms with Crippen LogP contribution >= 0.6 is 0 Å². The van der Waals surface area contributed by atoms with E-state index >= 15 is 0 Å². The number of ether oxygens (including phenoxy) is 1. The van der Waals surface area contributed by atoms with Crippen molar-refractivity contribution in [2.75, 3.05) is 0 Å². The van der Waals surface area contributed by atoms with E-state index in [9.17, 15) is 26.3 Å². The normalized spacial score (nSPS) is 17.2. The summed E-state index contributed by atoms with van der Waals surface area (Å²) >= 11 is 0. The molecule has 1 aliphatic rings. The molecule has 5 rings (SSSR count). The van der Waals surface area contributed by atoms with Crippen LogP contribution in [-0.2, 0) is 6.11 Å². The Hall–Kier alpha value is -3.88. The van der Waals surface area contributed by atoms with Crippen LogP contribution in [0.4, 0.5) is 26.3 Å². The summed E-state index contributed by atoms with van der Waals surface area (Å²) in [5, 5.41) is 0. The van der Waals surface area contributed by atoms with E-state index in [1.165, 1.54) is 62.8 Å². The average Bonchev–Trinajstić information content (AvgIpc) is 3.00. The highest BCUT2D eigenvalue weighted by Gasteiger charge is 2.35. The van der Waals surface area contributed by atoms with Gasteiger partial charge in [-0.15, -0.1) is 0 Å². The number of alkyl halides is 2. The first-order valence-electron chi connectivity index (χ1n) is 14.6. The number of hydrogen-bond acceptors (Lipinski definition) is 3. The zero-order valence-electron chi connectivity index (χ0n) is 23.7. The van der Waals surface area contributed by atoms with E-state index in [1.54, 1.807) is 0 Å². The quantitative estimate of drug-likeness (QED) is 0.104. The predicted octanol–water partition coefficient (Wildman–Crippen LogP) is 10.3. The number of nitrogens with zero attached hydrogens (tertiary/aromatic N) is 2. The molecule has 4 aromatic rings. The molecule has 1 fully saturated rings. The molecule has 0 atom stereocenters. The number of benzene rings is 3. The second kappa shape index (κ2) is 13.2. The van der Waals surface area contributed by atoms with Gasteiger partial charge in [0.05, 0.1) is 5.56 Å². The Morgan fingerprint density at radius 1 is 0.767 bits per heavy atom. The van der Waals surface area contributed by atoms with Gasteiger partial charge in [0.15, 0.2) is 23.3 Å². The molecule has 0 spiro atoms.